The van der Waals surface area contributed by atoms with E-state index in [1.54, 1.807) is 21.6 Å². The number of aryl methyl sites for hydroxylation is 1. The number of tetrazole rings is 1. The fourth-order valence-electron chi connectivity index (χ4n) is 1.21. The molecule has 0 aliphatic rings. The molecule has 0 aliphatic heterocycles. The van der Waals surface area contributed by atoms with E-state index in [1.165, 1.54) is 0 Å². The Kier molecular flexibility index (Phi) is 2.13. The van der Waals surface area contributed by atoms with E-state index in [4.69, 9.17) is 5.73 Å². The Morgan fingerprint density at radius 1 is 1.50 bits per heavy atom. The molecule has 2 aromatic rings. The average Bonchev–Trinajstić information content (AvgIpc) is 2.77. The third kappa shape index (κ3) is 1.43. The van der Waals surface area contributed by atoms with Crippen LogP contribution in [0.25, 0.3) is 0 Å². The first kappa shape index (κ1) is 8.67. The molecule has 0 amide bonds. The predicted molar refractivity (Wildman–Crippen MR) is 49.2 cm³/mol. The summed E-state index contributed by atoms with van der Waals surface area (Å²) in [6.07, 6.45) is 3.44. The summed E-state index contributed by atoms with van der Waals surface area (Å²) in [7, 11) is 0. The van der Waals surface area contributed by atoms with Crippen molar-refractivity contribution in [2.24, 2.45) is 0 Å². The fourth-order valence-corrected chi connectivity index (χ4v) is 1.21. The lowest BCUT2D eigenvalue weighted by Gasteiger charge is -2.03. The van der Waals surface area contributed by atoms with Crippen molar-refractivity contribution in [2.45, 2.75) is 20.0 Å². The second-order valence-corrected chi connectivity index (χ2v) is 2.82. The minimum Gasteiger partial charge on any atom is -0.369 e. The highest BCUT2D eigenvalue weighted by Gasteiger charge is 2.06. The molecule has 2 rings (SSSR count). The number of hydrogen-bond acceptors (Lipinski definition) is 5. The largest absolute Gasteiger partial charge is 0.369 e. The van der Waals surface area contributed by atoms with Gasteiger partial charge in [0, 0.05) is 18.9 Å². The molecule has 14 heavy (non-hydrogen) atoms. The van der Waals surface area contributed by atoms with Gasteiger partial charge in [-0.1, -0.05) is 0 Å². The molecule has 0 spiro atoms. The second kappa shape index (κ2) is 3.44. The minimum atomic E-state index is 0.468. The summed E-state index contributed by atoms with van der Waals surface area (Å²) in [5.74, 6) is 1.24. The van der Waals surface area contributed by atoms with Gasteiger partial charge in [-0.15, -0.1) is 5.10 Å². The first-order valence-corrected chi connectivity index (χ1v) is 4.33. The van der Waals surface area contributed by atoms with Gasteiger partial charge in [0.2, 0.25) is 5.95 Å². The maximum Gasteiger partial charge on any atom is 0.200 e. The lowest BCUT2D eigenvalue weighted by Crippen LogP contribution is -2.10. The zero-order valence-corrected chi connectivity index (χ0v) is 7.83. The van der Waals surface area contributed by atoms with Crippen LogP contribution in [0.15, 0.2) is 12.4 Å². The average molecular weight is 193 g/mol. The first-order chi connectivity index (χ1) is 6.81. The molecule has 2 heterocycles. The maximum atomic E-state index is 5.62. The molecule has 2 aromatic heterocycles. The number of hydrogen-bond donors (Lipinski definition) is 1. The van der Waals surface area contributed by atoms with E-state index >= 15 is 0 Å². The zero-order valence-electron chi connectivity index (χ0n) is 7.83. The van der Waals surface area contributed by atoms with E-state index in [9.17, 15) is 0 Å². The van der Waals surface area contributed by atoms with Crippen LogP contribution in [0.1, 0.15) is 12.7 Å². The Labute approximate surface area is 80.5 Å². The van der Waals surface area contributed by atoms with E-state index < -0.39 is 0 Å². The molecule has 74 valence electrons. The van der Waals surface area contributed by atoms with Crippen LogP contribution in [0.3, 0.4) is 0 Å². The van der Waals surface area contributed by atoms with Crippen molar-refractivity contribution in [3.63, 3.8) is 0 Å². The van der Waals surface area contributed by atoms with Gasteiger partial charge in [-0.3, -0.25) is 0 Å². The number of nitrogens with zero attached hydrogens (tertiary/aromatic N) is 6. The molecule has 0 fully saturated rings. The van der Waals surface area contributed by atoms with Crippen molar-refractivity contribution in [1.29, 1.82) is 0 Å². The number of rotatable bonds is 3. The van der Waals surface area contributed by atoms with Gasteiger partial charge in [-0.2, -0.15) is 0 Å². The van der Waals surface area contributed by atoms with Crippen LogP contribution in [0.2, 0.25) is 0 Å². The Morgan fingerprint density at radius 3 is 3.00 bits per heavy atom. The first-order valence-electron chi connectivity index (χ1n) is 4.33. The molecule has 2 N–H and O–H groups in total. The molecule has 0 atom stereocenters. The molecule has 0 bridgehead atoms. The van der Waals surface area contributed by atoms with Crippen molar-refractivity contribution in [2.75, 3.05) is 5.73 Å². The SMILES string of the molecule is CCn1nnnc1Cn1ccnc1N. The summed E-state index contributed by atoms with van der Waals surface area (Å²) in [5.41, 5.74) is 5.62. The molecule has 7 nitrogen and oxygen atoms in total. The Balaban J connectivity index is 2.22. The third-order valence-corrected chi connectivity index (χ3v) is 1.97. The zero-order chi connectivity index (χ0) is 9.97. The maximum absolute atomic E-state index is 5.62. The molecule has 0 saturated heterocycles. The number of nitrogens with two attached hydrogens (primary N) is 1. The highest BCUT2D eigenvalue weighted by atomic mass is 15.5. The Morgan fingerprint density at radius 2 is 2.36 bits per heavy atom. The summed E-state index contributed by atoms with van der Waals surface area (Å²) in [4.78, 5) is 3.92. The quantitative estimate of drug-likeness (QED) is 0.711. The third-order valence-electron chi connectivity index (χ3n) is 1.97. The summed E-state index contributed by atoms with van der Waals surface area (Å²) in [5, 5.41) is 11.3. The normalized spacial score (nSPS) is 10.6. The molecule has 0 saturated carbocycles. The summed E-state index contributed by atoms with van der Waals surface area (Å²) in [6.45, 7) is 3.28. The number of imidazole rings is 1. The van der Waals surface area contributed by atoms with Gasteiger partial charge < -0.3 is 10.3 Å². The highest BCUT2D eigenvalue weighted by molar-refractivity contribution is 5.17. The van der Waals surface area contributed by atoms with Gasteiger partial charge in [0.15, 0.2) is 5.82 Å². The van der Waals surface area contributed by atoms with E-state index in [0.29, 0.717) is 12.5 Å². The van der Waals surface area contributed by atoms with Crippen LogP contribution < -0.4 is 5.73 Å². The summed E-state index contributed by atoms with van der Waals surface area (Å²) < 4.78 is 3.51. The van der Waals surface area contributed by atoms with Crippen molar-refractivity contribution in [1.82, 2.24) is 29.8 Å². The Hall–Kier alpha value is -1.92. The number of aromatic nitrogens is 6. The lowest BCUT2D eigenvalue weighted by molar-refractivity contribution is 0.582. The minimum absolute atomic E-state index is 0.468. The van der Waals surface area contributed by atoms with Crippen molar-refractivity contribution in [3.05, 3.63) is 18.2 Å². The smallest absolute Gasteiger partial charge is 0.200 e. The van der Waals surface area contributed by atoms with Gasteiger partial charge in [0.1, 0.15) is 0 Å². The molecule has 0 aromatic carbocycles. The van der Waals surface area contributed by atoms with Gasteiger partial charge in [-0.25, -0.2) is 9.67 Å². The molecule has 0 aliphatic carbocycles. The van der Waals surface area contributed by atoms with Crippen LogP contribution in [0.4, 0.5) is 5.95 Å². The Bertz CT molecular complexity index is 415. The monoisotopic (exact) mass is 193 g/mol. The summed E-state index contributed by atoms with van der Waals surface area (Å²) >= 11 is 0. The summed E-state index contributed by atoms with van der Waals surface area (Å²) in [6, 6.07) is 0. The van der Waals surface area contributed by atoms with Gasteiger partial charge in [0.05, 0.1) is 6.54 Å². The molecular weight excluding hydrogens is 182 g/mol. The number of anilines is 1. The lowest BCUT2D eigenvalue weighted by atomic mass is 10.5. The van der Waals surface area contributed by atoms with Gasteiger partial charge >= 0.3 is 0 Å². The second-order valence-electron chi connectivity index (χ2n) is 2.82. The van der Waals surface area contributed by atoms with E-state index in [2.05, 4.69) is 20.5 Å². The molecule has 0 unspecified atom stereocenters. The molecule has 7 heteroatoms. The number of nitrogen functional groups attached to an aromatic ring is 1. The van der Waals surface area contributed by atoms with E-state index in [-0.39, 0.29) is 0 Å². The highest BCUT2D eigenvalue weighted by Crippen LogP contribution is 2.02. The van der Waals surface area contributed by atoms with Crippen molar-refractivity contribution >= 4 is 5.95 Å². The molecular formula is C7H11N7. The van der Waals surface area contributed by atoms with E-state index in [1.807, 2.05) is 6.92 Å². The van der Waals surface area contributed by atoms with E-state index in [0.717, 1.165) is 12.4 Å². The molecule has 0 radical (unpaired) electrons. The van der Waals surface area contributed by atoms with Crippen molar-refractivity contribution in [3.8, 4) is 0 Å². The standard InChI is InChI=1S/C7H11N7/c1-2-14-6(10-11-12-14)5-13-4-3-9-7(13)8/h3-4H,2,5H2,1H3,(H2,8,9). The van der Waals surface area contributed by atoms with Gasteiger partial charge in [0.25, 0.3) is 0 Å². The van der Waals surface area contributed by atoms with Crippen LogP contribution in [-0.2, 0) is 13.1 Å². The van der Waals surface area contributed by atoms with Crippen LogP contribution in [0.5, 0.6) is 0 Å². The van der Waals surface area contributed by atoms with Crippen LogP contribution >= 0.6 is 0 Å². The van der Waals surface area contributed by atoms with Crippen LogP contribution in [-0.4, -0.2) is 29.8 Å². The predicted octanol–water partition coefficient (Wildman–Crippen LogP) is -0.480. The topological polar surface area (TPSA) is 87.4 Å². The fraction of sp³-hybridized carbons (Fsp3) is 0.429. The van der Waals surface area contributed by atoms with Crippen molar-refractivity contribution < 1.29 is 0 Å². The van der Waals surface area contributed by atoms with Gasteiger partial charge in [-0.05, 0) is 17.4 Å². The van der Waals surface area contributed by atoms with Crippen LogP contribution in [0, 0.1) is 0 Å².